The Bertz CT molecular complexity index is 4730. The van der Waals surface area contributed by atoms with Crippen LogP contribution in [-0.2, 0) is 0 Å². The highest BCUT2D eigenvalue weighted by Crippen LogP contribution is 2.42. The predicted octanol–water partition coefficient (Wildman–Crippen LogP) is 11.9. The summed E-state index contributed by atoms with van der Waals surface area (Å²) in [6.07, 6.45) is 2.83. The lowest BCUT2D eigenvalue weighted by Crippen LogP contribution is -2.08. The van der Waals surface area contributed by atoms with Crippen LogP contribution in [0.3, 0.4) is 0 Å². The molecule has 0 N–H and O–H groups in total. The molecule has 12 aromatic rings. The van der Waals surface area contributed by atoms with E-state index in [2.05, 4.69) is 9.97 Å². The van der Waals surface area contributed by atoms with E-state index < -0.39 is 178 Å². The van der Waals surface area contributed by atoms with Crippen LogP contribution in [0.1, 0.15) is 30.2 Å². The second kappa shape index (κ2) is 12.3. The number of nitrogens with zero attached hydrogens (tertiary/aromatic N) is 7. The summed E-state index contributed by atoms with van der Waals surface area (Å²) < 4.78 is 202. The third-order valence-electron chi connectivity index (χ3n) is 9.67. The summed E-state index contributed by atoms with van der Waals surface area (Å²) in [6, 6.07) is -5.12. The molecule has 7 nitrogen and oxygen atoms in total. The van der Waals surface area contributed by atoms with Gasteiger partial charge >= 0.3 is 0 Å². The average molecular weight is 752 g/mol. The molecule has 7 heteroatoms. The van der Waals surface area contributed by atoms with Crippen molar-refractivity contribution in [2.75, 3.05) is 0 Å². The van der Waals surface area contributed by atoms with Crippen LogP contribution >= 0.6 is 0 Å². The standard InChI is InChI=1S/C50H31N7/c1-2-15-32(16-3-1)38-31-46(56-39-22-8-4-17-33(39)34-18-5-9-23-40(34)56)54-50(53-38)37-21-12-26-45(55-41-24-10-6-19-35(41)47-43(55)27-13-29-51-47)49(37)57-42-25-11-7-20-36(42)48-44(57)28-14-30-52-48/h1-31H/i1D,2D,3D,4D,5D,6D,7D,8D,9D,10D,11D,15D,16D,17D,18D,19D,20D,22D,23D,24D,25D,31D. The van der Waals surface area contributed by atoms with Crippen LogP contribution in [0.15, 0.2) is 188 Å². The highest BCUT2D eigenvalue weighted by Gasteiger charge is 2.25. The predicted molar refractivity (Wildman–Crippen MR) is 232 cm³/mol. The molecule has 0 amide bonds. The van der Waals surface area contributed by atoms with Gasteiger partial charge < -0.3 is 9.13 Å². The highest BCUT2D eigenvalue weighted by atomic mass is 15.1. The van der Waals surface area contributed by atoms with Crippen molar-refractivity contribution in [3.63, 3.8) is 0 Å². The van der Waals surface area contributed by atoms with E-state index in [1.165, 1.54) is 45.8 Å². The van der Waals surface area contributed by atoms with Crippen LogP contribution in [0.5, 0.6) is 0 Å². The maximum Gasteiger partial charge on any atom is 0.164 e. The minimum atomic E-state index is -0.863. The van der Waals surface area contributed by atoms with Crippen molar-refractivity contribution < 1.29 is 30.2 Å². The van der Waals surface area contributed by atoms with E-state index >= 15 is 0 Å². The third kappa shape index (κ3) is 4.66. The van der Waals surface area contributed by atoms with E-state index in [4.69, 9.17) is 29.2 Å². The lowest BCUT2D eigenvalue weighted by molar-refractivity contribution is 1.04. The van der Waals surface area contributed by atoms with Crippen molar-refractivity contribution >= 4 is 65.7 Å². The molecule has 0 radical (unpaired) electrons. The first-order chi connectivity index (χ1) is 37.5. The van der Waals surface area contributed by atoms with E-state index in [-0.39, 0.29) is 60.8 Å². The molecular formula is C50H31N7. The largest absolute Gasteiger partial charge is 0.305 e. The molecule has 57 heavy (non-hydrogen) atoms. The van der Waals surface area contributed by atoms with Gasteiger partial charge in [0.15, 0.2) is 5.82 Å². The Balaban J connectivity index is 1.37. The molecule has 0 unspecified atom stereocenters. The fraction of sp³-hybridized carbons (Fsp3) is 0. The minimum absolute atomic E-state index is 0.00940. The second-order valence-electron chi connectivity index (χ2n) is 12.7. The van der Waals surface area contributed by atoms with Crippen molar-refractivity contribution in [2.45, 2.75) is 0 Å². The number of hydrogen-bond donors (Lipinski definition) is 0. The molecule has 0 spiro atoms. The number of benzene rings is 6. The van der Waals surface area contributed by atoms with Gasteiger partial charge in [-0.15, -0.1) is 0 Å². The summed E-state index contributed by atoms with van der Waals surface area (Å²) in [4.78, 5) is 18.9. The Morgan fingerprint density at radius 3 is 1.60 bits per heavy atom. The normalized spacial score (nSPS) is 17.3. The molecule has 6 heterocycles. The number of para-hydroxylation sites is 5. The van der Waals surface area contributed by atoms with Crippen molar-refractivity contribution in [2.24, 2.45) is 0 Å². The van der Waals surface area contributed by atoms with Gasteiger partial charge in [0.2, 0.25) is 0 Å². The number of pyridine rings is 2. The quantitative estimate of drug-likeness (QED) is 0.176. The molecule has 12 rings (SSSR count). The number of rotatable bonds is 5. The molecule has 0 aliphatic carbocycles. The maximum absolute atomic E-state index is 9.97. The SMILES string of the molecule is [2H]c1c(-c2c([2H])c([2H])c([2H])c([2H])c2[2H])nc(-c2cccc(-n3c4cccnc4c4c([2H])c([2H])c([2H])c([2H])c43)c2-n2c3cccnc3c3c([2H])c([2H])c([2H])c([2H])c32)nc1-n1c2c([2H])c([2H])c([2H])c([2H])c2c2c([2H])c([2H])c([2H])c([2H])c21. The van der Waals surface area contributed by atoms with Crippen LogP contribution in [0.4, 0.5) is 0 Å². The lowest BCUT2D eigenvalue weighted by Gasteiger charge is -2.20. The van der Waals surface area contributed by atoms with Gasteiger partial charge in [-0.05, 0) is 60.6 Å². The van der Waals surface area contributed by atoms with Gasteiger partial charge in [0, 0.05) is 51.1 Å². The van der Waals surface area contributed by atoms with Crippen molar-refractivity contribution in [1.29, 1.82) is 0 Å². The molecule has 0 saturated heterocycles. The van der Waals surface area contributed by atoms with Crippen molar-refractivity contribution in [3.05, 3.63) is 188 Å². The first-order valence-corrected chi connectivity index (χ1v) is 17.3. The zero-order chi connectivity index (χ0) is 56.6. The Morgan fingerprint density at radius 1 is 0.439 bits per heavy atom. The summed E-state index contributed by atoms with van der Waals surface area (Å²) in [6.45, 7) is 0. The summed E-state index contributed by atoms with van der Waals surface area (Å²) >= 11 is 0. The zero-order valence-electron chi connectivity index (χ0n) is 50.8. The van der Waals surface area contributed by atoms with E-state index in [9.17, 15) is 11.0 Å². The van der Waals surface area contributed by atoms with E-state index in [1.54, 1.807) is 18.2 Å². The van der Waals surface area contributed by atoms with E-state index in [0.29, 0.717) is 0 Å². The molecule has 0 saturated carbocycles. The Labute approximate surface area is 357 Å². The Morgan fingerprint density at radius 2 is 0.965 bits per heavy atom. The molecule has 266 valence electrons. The van der Waals surface area contributed by atoms with Crippen LogP contribution in [0, 0.1) is 0 Å². The lowest BCUT2D eigenvalue weighted by atomic mass is 10.1. The van der Waals surface area contributed by atoms with Gasteiger partial charge in [-0.3, -0.25) is 14.5 Å². The number of hydrogen-bond acceptors (Lipinski definition) is 4. The molecular weight excluding hydrogens is 699 g/mol. The van der Waals surface area contributed by atoms with Gasteiger partial charge in [0.25, 0.3) is 0 Å². The van der Waals surface area contributed by atoms with Gasteiger partial charge in [-0.25, -0.2) is 9.97 Å². The first kappa shape index (κ1) is 16.9. The van der Waals surface area contributed by atoms with Gasteiger partial charge in [-0.1, -0.05) is 109 Å². The number of fused-ring (bicyclic) bond motifs is 9. The van der Waals surface area contributed by atoms with Crippen LogP contribution in [0.25, 0.3) is 106 Å². The third-order valence-corrected chi connectivity index (χ3v) is 9.67. The topological polar surface area (TPSA) is 66.3 Å². The molecule has 0 atom stereocenters. The van der Waals surface area contributed by atoms with Crippen LogP contribution in [0.2, 0.25) is 0 Å². The van der Waals surface area contributed by atoms with E-state index in [0.717, 1.165) is 4.57 Å². The highest BCUT2D eigenvalue weighted by molar-refractivity contribution is 6.11. The maximum atomic E-state index is 9.97. The average Bonchev–Trinajstić information content (AvgIpc) is 3.33. The van der Waals surface area contributed by atoms with E-state index in [1.807, 2.05) is 0 Å². The van der Waals surface area contributed by atoms with Crippen LogP contribution in [-0.4, -0.2) is 33.6 Å². The molecule has 0 aliphatic heterocycles. The molecule has 0 bridgehead atoms. The molecule has 0 fully saturated rings. The van der Waals surface area contributed by atoms with Crippen molar-refractivity contribution in [3.8, 4) is 39.8 Å². The van der Waals surface area contributed by atoms with Gasteiger partial charge in [0.1, 0.15) is 5.82 Å². The summed E-state index contributed by atoms with van der Waals surface area (Å²) in [7, 11) is 0. The van der Waals surface area contributed by atoms with Gasteiger partial charge in [0.05, 0.1) is 91.4 Å². The summed E-state index contributed by atoms with van der Waals surface area (Å²) in [5.74, 6) is -1.22. The Kier molecular flexibility index (Phi) is 3.64. The molecule has 0 aliphatic rings. The molecule has 6 aromatic carbocycles. The Hall–Kier alpha value is -7.90. The fourth-order valence-corrected chi connectivity index (χ4v) is 7.42. The van der Waals surface area contributed by atoms with Crippen molar-refractivity contribution in [1.82, 2.24) is 33.6 Å². The summed E-state index contributed by atoms with van der Waals surface area (Å²) in [5, 5.41) is -0.887. The number of aromatic nitrogens is 7. The van der Waals surface area contributed by atoms with Crippen LogP contribution < -0.4 is 0 Å². The zero-order valence-corrected chi connectivity index (χ0v) is 28.8. The molecule has 6 aromatic heterocycles. The monoisotopic (exact) mass is 751 g/mol. The fourth-order valence-electron chi connectivity index (χ4n) is 7.42. The summed E-state index contributed by atoms with van der Waals surface area (Å²) in [5.41, 5.74) is -2.36. The second-order valence-corrected chi connectivity index (χ2v) is 12.7. The van der Waals surface area contributed by atoms with Gasteiger partial charge in [-0.2, -0.15) is 0 Å². The smallest absolute Gasteiger partial charge is 0.164 e. The first-order valence-electron chi connectivity index (χ1n) is 28.3. The minimum Gasteiger partial charge on any atom is -0.305 e.